The molecule has 1 saturated heterocycles. The van der Waals surface area contributed by atoms with Crippen LogP contribution in [0.4, 0.5) is 0 Å². The van der Waals surface area contributed by atoms with Crippen LogP contribution < -0.4 is 10.6 Å². The third-order valence-corrected chi connectivity index (χ3v) is 3.97. The van der Waals surface area contributed by atoms with E-state index in [0.29, 0.717) is 5.92 Å². The summed E-state index contributed by atoms with van der Waals surface area (Å²) in [6.07, 6.45) is 2.27. The summed E-state index contributed by atoms with van der Waals surface area (Å²) in [4.78, 5) is 9.22. The molecule has 0 spiro atoms. The van der Waals surface area contributed by atoms with Crippen molar-refractivity contribution in [3.63, 3.8) is 0 Å². The number of halogens is 1. The summed E-state index contributed by atoms with van der Waals surface area (Å²) >= 11 is 0. The highest BCUT2D eigenvalue weighted by Gasteiger charge is 2.11. The van der Waals surface area contributed by atoms with Gasteiger partial charge in [-0.3, -0.25) is 4.99 Å². The lowest BCUT2D eigenvalue weighted by atomic mass is 10.2. The van der Waals surface area contributed by atoms with Gasteiger partial charge in [-0.25, -0.2) is 0 Å². The first-order valence-corrected chi connectivity index (χ1v) is 9.05. The molecule has 0 unspecified atom stereocenters. The third-order valence-electron chi connectivity index (χ3n) is 3.97. The number of guanidine groups is 1. The summed E-state index contributed by atoms with van der Waals surface area (Å²) in [5.41, 5.74) is 0. The number of nitrogens with one attached hydrogen (secondary N) is 2. The highest BCUT2D eigenvalue weighted by atomic mass is 127. The topological polar surface area (TPSA) is 52.1 Å². The number of likely N-dealkylation sites (N-methyl/N-ethyl adjacent to an activating group) is 1. The van der Waals surface area contributed by atoms with Crippen LogP contribution in [0.15, 0.2) is 4.99 Å². The molecule has 1 aliphatic rings. The molecule has 1 fully saturated rings. The SMILES string of the molecule is CN=C(NCCCOCC(C)C)NCCN1CCCN(C)CC1.I. The molecule has 1 rings (SSSR count). The second-order valence-corrected chi connectivity index (χ2v) is 6.75. The summed E-state index contributed by atoms with van der Waals surface area (Å²) in [5.74, 6) is 1.50. The molecule has 0 aliphatic carbocycles. The minimum Gasteiger partial charge on any atom is -0.381 e. The number of hydrogen-bond donors (Lipinski definition) is 2. The van der Waals surface area contributed by atoms with Crippen LogP contribution in [-0.4, -0.2) is 88.9 Å². The van der Waals surface area contributed by atoms with Gasteiger partial charge in [-0.15, -0.1) is 24.0 Å². The van der Waals surface area contributed by atoms with E-state index < -0.39 is 0 Å². The molecule has 0 aromatic heterocycles. The molecule has 0 aromatic carbocycles. The van der Waals surface area contributed by atoms with Gasteiger partial charge in [0.05, 0.1) is 0 Å². The van der Waals surface area contributed by atoms with Crippen molar-refractivity contribution in [2.75, 3.05) is 73.1 Å². The highest BCUT2D eigenvalue weighted by Crippen LogP contribution is 1.99. The molecule has 6 nitrogen and oxygen atoms in total. The zero-order chi connectivity index (χ0) is 16.9. The van der Waals surface area contributed by atoms with Crippen molar-refractivity contribution >= 4 is 29.9 Å². The van der Waals surface area contributed by atoms with Crippen LogP contribution >= 0.6 is 24.0 Å². The Hall–Kier alpha value is -0.120. The molecule has 1 aliphatic heterocycles. The van der Waals surface area contributed by atoms with Gasteiger partial charge in [0.2, 0.25) is 0 Å². The number of rotatable bonds is 9. The van der Waals surface area contributed by atoms with E-state index in [0.717, 1.165) is 51.8 Å². The van der Waals surface area contributed by atoms with Gasteiger partial charge < -0.3 is 25.2 Å². The summed E-state index contributed by atoms with van der Waals surface area (Å²) in [7, 11) is 4.03. The number of aliphatic imine (C=N–C) groups is 1. The Morgan fingerprint density at radius 2 is 1.88 bits per heavy atom. The maximum Gasteiger partial charge on any atom is 0.191 e. The molecular formula is C17H38IN5O. The van der Waals surface area contributed by atoms with E-state index in [1.165, 1.54) is 26.1 Å². The van der Waals surface area contributed by atoms with Crippen LogP contribution in [-0.2, 0) is 4.74 Å². The van der Waals surface area contributed by atoms with Crippen molar-refractivity contribution in [2.24, 2.45) is 10.9 Å². The van der Waals surface area contributed by atoms with Crippen LogP contribution in [0.25, 0.3) is 0 Å². The lowest BCUT2D eigenvalue weighted by molar-refractivity contribution is 0.108. The van der Waals surface area contributed by atoms with Gasteiger partial charge in [-0.1, -0.05) is 13.8 Å². The van der Waals surface area contributed by atoms with E-state index in [1.807, 2.05) is 7.05 Å². The molecule has 0 bridgehead atoms. The Morgan fingerprint density at radius 3 is 2.58 bits per heavy atom. The van der Waals surface area contributed by atoms with Crippen LogP contribution in [0.3, 0.4) is 0 Å². The van der Waals surface area contributed by atoms with Crippen LogP contribution in [0.2, 0.25) is 0 Å². The van der Waals surface area contributed by atoms with Gasteiger partial charge >= 0.3 is 0 Å². The van der Waals surface area contributed by atoms with Gasteiger partial charge in [0.25, 0.3) is 0 Å². The maximum absolute atomic E-state index is 5.58. The zero-order valence-electron chi connectivity index (χ0n) is 16.0. The average molecular weight is 455 g/mol. The smallest absolute Gasteiger partial charge is 0.191 e. The highest BCUT2D eigenvalue weighted by molar-refractivity contribution is 14.0. The van der Waals surface area contributed by atoms with Gasteiger partial charge in [0.1, 0.15) is 0 Å². The maximum atomic E-state index is 5.58. The van der Waals surface area contributed by atoms with E-state index in [-0.39, 0.29) is 24.0 Å². The summed E-state index contributed by atoms with van der Waals surface area (Å²) in [6, 6.07) is 0. The monoisotopic (exact) mass is 455 g/mol. The van der Waals surface area contributed by atoms with E-state index in [9.17, 15) is 0 Å². The molecule has 1 heterocycles. The lowest BCUT2D eigenvalue weighted by Gasteiger charge is -2.21. The summed E-state index contributed by atoms with van der Waals surface area (Å²) in [6.45, 7) is 13.7. The fraction of sp³-hybridized carbons (Fsp3) is 0.941. The quantitative estimate of drug-likeness (QED) is 0.239. The van der Waals surface area contributed by atoms with E-state index in [1.54, 1.807) is 0 Å². The molecule has 0 radical (unpaired) electrons. The Bertz CT molecular complexity index is 328. The minimum absolute atomic E-state index is 0. The molecule has 7 heteroatoms. The second-order valence-electron chi connectivity index (χ2n) is 6.75. The summed E-state index contributed by atoms with van der Waals surface area (Å²) in [5, 5.41) is 6.75. The third kappa shape index (κ3) is 12.3. The molecule has 144 valence electrons. The average Bonchev–Trinajstić information content (AvgIpc) is 2.73. The van der Waals surface area contributed by atoms with E-state index >= 15 is 0 Å². The Morgan fingerprint density at radius 1 is 1.12 bits per heavy atom. The summed E-state index contributed by atoms with van der Waals surface area (Å²) < 4.78 is 5.58. The van der Waals surface area contributed by atoms with Crippen LogP contribution in [0.1, 0.15) is 26.7 Å². The van der Waals surface area contributed by atoms with Gasteiger partial charge in [-0.05, 0) is 38.9 Å². The molecule has 0 aromatic rings. The predicted octanol–water partition coefficient (Wildman–Crippen LogP) is 1.47. The molecule has 0 amide bonds. The first-order chi connectivity index (χ1) is 11.1. The molecule has 2 N–H and O–H groups in total. The Balaban J connectivity index is 0.00000529. The van der Waals surface area contributed by atoms with E-state index in [4.69, 9.17) is 4.74 Å². The Kier molecular flexibility index (Phi) is 15.1. The first-order valence-electron chi connectivity index (χ1n) is 9.05. The van der Waals surface area contributed by atoms with Crippen molar-refractivity contribution < 1.29 is 4.74 Å². The minimum atomic E-state index is 0. The lowest BCUT2D eigenvalue weighted by Crippen LogP contribution is -2.42. The van der Waals surface area contributed by atoms with Gasteiger partial charge in [-0.2, -0.15) is 0 Å². The number of hydrogen-bond acceptors (Lipinski definition) is 4. The van der Waals surface area contributed by atoms with Crippen molar-refractivity contribution in [3.8, 4) is 0 Å². The molecule has 0 atom stereocenters. The molecular weight excluding hydrogens is 417 g/mol. The van der Waals surface area contributed by atoms with Crippen molar-refractivity contribution in [3.05, 3.63) is 0 Å². The van der Waals surface area contributed by atoms with Crippen molar-refractivity contribution in [1.82, 2.24) is 20.4 Å². The second kappa shape index (κ2) is 15.2. The van der Waals surface area contributed by atoms with E-state index in [2.05, 4.69) is 46.3 Å². The fourth-order valence-corrected chi connectivity index (χ4v) is 2.58. The standard InChI is InChI=1S/C17H37N5O.HI/c1-16(2)15-23-14-5-7-19-17(18-3)20-8-11-22-10-6-9-21(4)12-13-22;/h16H,5-15H2,1-4H3,(H2,18,19,20);1H. The number of ether oxygens (including phenoxy) is 1. The zero-order valence-corrected chi connectivity index (χ0v) is 18.3. The fourth-order valence-electron chi connectivity index (χ4n) is 2.58. The Labute approximate surface area is 165 Å². The van der Waals surface area contributed by atoms with Crippen molar-refractivity contribution in [1.29, 1.82) is 0 Å². The largest absolute Gasteiger partial charge is 0.381 e. The molecule has 24 heavy (non-hydrogen) atoms. The predicted molar refractivity (Wildman–Crippen MR) is 114 cm³/mol. The first kappa shape index (κ1) is 23.9. The number of nitrogens with zero attached hydrogens (tertiary/aromatic N) is 3. The van der Waals surface area contributed by atoms with Crippen LogP contribution in [0.5, 0.6) is 0 Å². The van der Waals surface area contributed by atoms with Gasteiger partial charge in [0.15, 0.2) is 5.96 Å². The molecule has 0 saturated carbocycles. The van der Waals surface area contributed by atoms with Gasteiger partial charge in [0, 0.05) is 53.0 Å². The van der Waals surface area contributed by atoms with Crippen LogP contribution in [0, 0.1) is 5.92 Å². The normalized spacial score (nSPS) is 17.5. The van der Waals surface area contributed by atoms with Crippen molar-refractivity contribution in [2.45, 2.75) is 26.7 Å².